The number of nitrogens with zero attached hydrogens (tertiary/aromatic N) is 2. The Bertz CT molecular complexity index is 877. The predicted octanol–water partition coefficient (Wildman–Crippen LogP) is 2.83. The first-order valence-electron chi connectivity index (χ1n) is 7.12. The number of aromatic nitrogens is 2. The summed E-state index contributed by atoms with van der Waals surface area (Å²) in [5.41, 5.74) is 1.05. The molecule has 0 aliphatic heterocycles. The summed E-state index contributed by atoms with van der Waals surface area (Å²) in [6.45, 7) is -0.149. The average Bonchev–Trinajstić information content (AvgIpc) is 3.09. The second-order valence-electron chi connectivity index (χ2n) is 4.89. The van der Waals surface area contributed by atoms with E-state index in [2.05, 4.69) is 10.2 Å². The minimum atomic E-state index is -1.28. The van der Waals surface area contributed by atoms with Gasteiger partial charge < -0.3 is 9.15 Å². The molecule has 1 aromatic heterocycles. The van der Waals surface area contributed by atoms with Gasteiger partial charge in [-0.15, -0.1) is 10.2 Å². The molecule has 24 heavy (non-hydrogen) atoms. The van der Waals surface area contributed by atoms with Gasteiger partial charge in [0.2, 0.25) is 5.89 Å². The van der Waals surface area contributed by atoms with Gasteiger partial charge in [-0.2, -0.15) is 0 Å². The maximum atomic E-state index is 12.2. The lowest BCUT2D eigenvalue weighted by Crippen LogP contribution is -2.09. The molecule has 0 aliphatic carbocycles. The van der Waals surface area contributed by atoms with Gasteiger partial charge in [-0.1, -0.05) is 30.3 Å². The summed E-state index contributed by atoms with van der Waals surface area (Å²) in [6, 6.07) is 15.9. The lowest BCUT2D eigenvalue weighted by atomic mass is 10.2. The molecule has 122 valence electrons. The highest BCUT2D eigenvalue weighted by Crippen LogP contribution is 2.18. The van der Waals surface area contributed by atoms with Gasteiger partial charge in [0.25, 0.3) is 5.89 Å². The minimum Gasteiger partial charge on any atom is -0.452 e. The van der Waals surface area contributed by atoms with Gasteiger partial charge in [-0.05, 0) is 24.3 Å². The molecular weight excluding hydrogens is 328 g/mol. The van der Waals surface area contributed by atoms with Crippen molar-refractivity contribution in [1.82, 2.24) is 10.2 Å². The van der Waals surface area contributed by atoms with Crippen LogP contribution in [-0.2, 0) is 22.1 Å². The van der Waals surface area contributed by atoms with Crippen LogP contribution in [0.3, 0.4) is 0 Å². The molecule has 0 amide bonds. The van der Waals surface area contributed by atoms with Crippen molar-refractivity contribution in [1.29, 1.82) is 0 Å². The molecule has 0 bridgehead atoms. The van der Waals surface area contributed by atoms with Crippen molar-refractivity contribution in [3.8, 4) is 11.5 Å². The molecule has 0 unspecified atom stereocenters. The molecule has 2 aromatic carbocycles. The molecule has 3 aromatic rings. The van der Waals surface area contributed by atoms with Crippen LogP contribution in [0.2, 0.25) is 0 Å². The fraction of sp³-hybridized carbons (Fsp3) is 0.118. The quantitative estimate of drug-likeness (QED) is 0.663. The summed E-state index contributed by atoms with van der Waals surface area (Å²) < 4.78 is 22.3. The van der Waals surface area contributed by atoms with Gasteiger partial charge in [0, 0.05) is 11.8 Å². The van der Waals surface area contributed by atoms with Crippen LogP contribution >= 0.6 is 0 Å². The summed E-state index contributed by atoms with van der Waals surface area (Å²) in [7, 11) is -1.28. The van der Waals surface area contributed by atoms with Crippen LogP contribution < -0.4 is 0 Å². The molecule has 0 saturated carbocycles. The third-order valence-electron chi connectivity index (χ3n) is 3.23. The Morgan fingerprint density at radius 1 is 1.08 bits per heavy atom. The molecule has 0 radical (unpaired) electrons. The van der Waals surface area contributed by atoms with Gasteiger partial charge in [0.05, 0.1) is 21.3 Å². The number of ether oxygens (including phenoxy) is 1. The number of hydrogen-bond acceptors (Lipinski definition) is 6. The van der Waals surface area contributed by atoms with Crippen molar-refractivity contribution >= 4 is 16.8 Å². The molecular formula is C17H14N2O4S. The summed E-state index contributed by atoms with van der Waals surface area (Å²) in [5, 5.41) is 7.79. The molecule has 0 fully saturated rings. The van der Waals surface area contributed by atoms with Crippen molar-refractivity contribution < 1.29 is 18.2 Å². The Hall–Kier alpha value is -2.80. The largest absolute Gasteiger partial charge is 0.452 e. The normalized spacial score (nSPS) is 11.9. The maximum Gasteiger partial charge on any atom is 0.339 e. The third-order valence-corrected chi connectivity index (χ3v) is 4.21. The molecule has 1 heterocycles. The van der Waals surface area contributed by atoms with Crippen LogP contribution in [0.1, 0.15) is 16.2 Å². The highest BCUT2D eigenvalue weighted by Gasteiger charge is 2.16. The van der Waals surface area contributed by atoms with E-state index in [1.165, 1.54) is 6.26 Å². The molecule has 0 saturated heterocycles. The van der Waals surface area contributed by atoms with Crippen molar-refractivity contribution in [3.63, 3.8) is 0 Å². The Morgan fingerprint density at radius 2 is 1.79 bits per heavy atom. The number of carbonyl (C=O) groups is 1. The first-order chi connectivity index (χ1) is 11.6. The van der Waals surface area contributed by atoms with E-state index in [1.807, 2.05) is 30.3 Å². The predicted molar refractivity (Wildman–Crippen MR) is 87.6 cm³/mol. The van der Waals surface area contributed by atoms with Gasteiger partial charge in [-0.25, -0.2) is 4.79 Å². The molecule has 1 atom stereocenters. The maximum absolute atomic E-state index is 12.2. The monoisotopic (exact) mass is 342 g/mol. The highest BCUT2D eigenvalue weighted by atomic mass is 32.2. The fourth-order valence-corrected chi connectivity index (χ4v) is 2.83. The summed E-state index contributed by atoms with van der Waals surface area (Å²) >= 11 is 0. The standard InChI is InChI=1S/C17H14N2O4S/c1-24(21)14-10-6-5-9-13(14)17(20)22-11-15-18-19-16(23-15)12-7-3-2-4-8-12/h2-10H,11H2,1H3/t24-/m0/s1. The van der Waals surface area contributed by atoms with E-state index in [-0.39, 0.29) is 18.1 Å². The number of benzene rings is 2. The van der Waals surface area contributed by atoms with Crippen LogP contribution in [0.5, 0.6) is 0 Å². The first-order valence-corrected chi connectivity index (χ1v) is 8.68. The first kappa shape index (κ1) is 16.1. The Morgan fingerprint density at radius 3 is 2.54 bits per heavy atom. The Balaban J connectivity index is 1.70. The Labute approximate surface area is 140 Å². The molecule has 6 nitrogen and oxygen atoms in total. The van der Waals surface area contributed by atoms with Gasteiger partial charge in [0.15, 0.2) is 6.61 Å². The smallest absolute Gasteiger partial charge is 0.339 e. The molecule has 0 aliphatic rings. The van der Waals surface area contributed by atoms with Crippen molar-refractivity contribution in [2.24, 2.45) is 0 Å². The van der Waals surface area contributed by atoms with E-state index >= 15 is 0 Å². The lowest BCUT2D eigenvalue weighted by Gasteiger charge is -2.06. The third kappa shape index (κ3) is 3.57. The zero-order chi connectivity index (χ0) is 16.9. The number of rotatable bonds is 5. The zero-order valence-corrected chi connectivity index (χ0v) is 13.7. The van der Waals surface area contributed by atoms with Crippen LogP contribution in [0.25, 0.3) is 11.5 Å². The van der Waals surface area contributed by atoms with E-state index in [0.29, 0.717) is 10.8 Å². The molecule has 0 N–H and O–H groups in total. The van der Waals surface area contributed by atoms with Crippen LogP contribution in [-0.4, -0.2) is 26.6 Å². The van der Waals surface area contributed by atoms with Crippen molar-refractivity contribution in [2.75, 3.05) is 6.26 Å². The van der Waals surface area contributed by atoms with Crippen LogP contribution in [0.4, 0.5) is 0 Å². The Kier molecular flexibility index (Phi) is 4.81. The molecule has 7 heteroatoms. The zero-order valence-electron chi connectivity index (χ0n) is 12.8. The van der Waals surface area contributed by atoms with Crippen LogP contribution in [0.15, 0.2) is 63.9 Å². The topological polar surface area (TPSA) is 82.3 Å². The molecule has 0 spiro atoms. The second kappa shape index (κ2) is 7.18. The van der Waals surface area contributed by atoms with E-state index in [0.717, 1.165) is 5.56 Å². The second-order valence-corrected chi connectivity index (χ2v) is 6.24. The number of carbonyl (C=O) groups excluding carboxylic acids is 1. The van der Waals surface area contributed by atoms with Crippen molar-refractivity contribution in [3.05, 3.63) is 66.1 Å². The highest BCUT2D eigenvalue weighted by molar-refractivity contribution is 7.84. The molecule has 3 rings (SSSR count). The lowest BCUT2D eigenvalue weighted by molar-refractivity contribution is 0.0434. The van der Waals surface area contributed by atoms with Gasteiger partial charge in [-0.3, -0.25) is 4.21 Å². The summed E-state index contributed by atoms with van der Waals surface area (Å²) in [5.74, 6) is -0.0331. The van der Waals surface area contributed by atoms with E-state index in [1.54, 1.807) is 24.3 Å². The minimum absolute atomic E-state index is 0.149. The SMILES string of the molecule is C[S@](=O)c1ccccc1C(=O)OCc1nnc(-c2ccccc2)o1. The number of hydrogen-bond donors (Lipinski definition) is 0. The van der Waals surface area contributed by atoms with E-state index in [4.69, 9.17) is 9.15 Å². The van der Waals surface area contributed by atoms with Gasteiger partial charge >= 0.3 is 5.97 Å². The van der Waals surface area contributed by atoms with Gasteiger partial charge in [0.1, 0.15) is 0 Å². The van der Waals surface area contributed by atoms with E-state index < -0.39 is 16.8 Å². The number of esters is 1. The van der Waals surface area contributed by atoms with Crippen LogP contribution in [0, 0.1) is 0 Å². The fourth-order valence-electron chi connectivity index (χ4n) is 2.10. The van der Waals surface area contributed by atoms with E-state index in [9.17, 15) is 9.00 Å². The summed E-state index contributed by atoms with van der Waals surface area (Å²) in [6.07, 6.45) is 1.51. The summed E-state index contributed by atoms with van der Waals surface area (Å²) in [4.78, 5) is 12.6. The average molecular weight is 342 g/mol. The van der Waals surface area contributed by atoms with Crippen molar-refractivity contribution in [2.45, 2.75) is 11.5 Å².